The highest BCUT2D eigenvalue weighted by Gasteiger charge is 1.62. The van der Waals surface area contributed by atoms with Gasteiger partial charge in [-0.25, -0.2) is 0 Å². The minimum Gasteiger partial charge on any atom is -0.192 e. The van der Waals surface area contributed by atoms with Crippen molar-refractivity contribution in [2.75, 3.05) is 0 Å². The van der Waals surface area contributed by atoms with Crippen molar-refractivity contribution in [2.24, 2.45) is 0 Å². The van der Waals surface area contributed by atoms with Gasteiger partial charge >= 0.3 is 0 Å². The maximum Gasteiger partial charge on any atom is 0.0996 e. The number of nitrogens with zero attached hydrogens (tertiary/aromatic N) is 1. The SMILES string of the molecule is CC(C)=C=CC#N. The van der Waals surface area contributed by atoms with Crippen molar-refractivity contribution >= 4 is 0 Å². The molecule has 0 spiro atoms. The van der Waals surface area contributed by atoms with Crippen LogP contribution < -0.4 is 0 Å². The Morgan fingerprint density at radius 3 is 2.29 bits per heavy atom. The first-order chi connectivity index (χ1) is 3.27. The number of allylic oxidation sites excluding steroid dienone is 1. The Hall–Kier alpha value is -0.990. The van der Waals surface area contributed by atoms with Crippen molar-refractivity contribution in [3.63, 3.8) is 0 Å². The topological polar surface area (TPSA) is 23.8 Å². The van der Waals surface area contributed by atoms with Gasteiger partial charge in [0.25, 0.3) is 0 Å². The second kappa shape index (κ2) is 3.21. The average molecular weight is 93.1 g/mol. The Bertz CT molecular complexity index is 138. The second-order valence-corrected chi connectivity index (χ2v) is 1.42. The van der Waals surface area contributed by atoms with Gasteiger partial charge in [-0.05, 0) is 19.4 Å². The van der Waals surface area contributed by atoms with Crippen LogP contribution in [0.5, 0.6) is 0 Å². The summed E-state index contributed by atoms with van der Waals surface area (Å²) in [5, 5.41) is 7.93. The Labute approximate surface area is 43.6 Å². The van der Waals surface area contributed by atoms with E-state index in [0.29, 0.717) is 0 Å². The van der Waals surface area contributed by atoms with Crippen LogP contribution in [0.2, 0.25) is 0 Å². The third kappa shape index (κ3) is 5.01. The molecule has 0 aromatic heterocycles. The minimum absolute atomic E-state index is 1.03. The maximum atomic E-state index is 7.93. The third-order valence-corrected chi connectivity index (χ3v) is 0.425. The summed E-state index contributed by atoms with van der Waals surface area (Å²) in [7, 11) is 0. The fraction of sp³-hybridized carbons (Fsp3) is 0.333. The van der Waals surface area contributed by atoms with Gasteiger partial charge < -0.3 is 0 Å². The largest absolute Gasteiger partial charge is 0.192 e. The van der Waals surface area contributed by atoms with E-state index in [1.54, 1.807) is 0 Å². The third-order valence-electron chi connectivity index (χ3n) is 0.425. The number of hydrogen-bond acceptors (Lipinski definition) is 1. The van der Waals surface area contributed by atoms with Gasteiger partial charge in [0, 0.05) is 0 Å². The predicted octanol–water partition coefficient (Wildman–Crippen LogP) is 1.63. The first-order valence-corrected chi connectivity index (χ1v) is 2.05. The van der Waals surface area contributed by atoms with Crippen LogP contribution in [0.3, 0.4) is 0 Å². The van der Waals surface area contributed by atoms with Gasteiger partial charge in [0.05, 0.1) is 12.1 Å². The molecule has 0 bridgehead atoms. The van der Waals surface area contributed by atoms with Crippen molar-refractivity contribution in [2.45, 2.75) is 13.8 Å². The van der Waals surface area contributed by atoms with Crippen molar-refractivity contribution < 1.29 is 0 Å². The molecule has 1 nitrogen and oxygen atoms in total. The molecular formula is C6H7N. The summed E-state index contributed by atoms with van der Waals surface area (Å²) >= 11 is 0. The second-order valence-electron chi connectivity index (χ2n) is 1.42. The molecular weight excluding hydrogens is 86.1 g/mol. The lowest BCUT2D eigenvalue weighted by molar-refractivity contribution is 1.41. The molecule has 0 saturated heterocycles. The normalized spacial score (nSPS) is 5.86. The molecule has 0 aliphatic heterocycles. The van der Waals surface area contributed by atoms with E-state index >= 15 is 0 Å². The standard InChI is InChI=1S/C6H7N/c1-6(2)4-3-5-7/h3H,1-2H3. The van der Waals surface area contributed by atoms with E-state index in [1.807, 2.05) is 19.9 Å². The van der Waals surface area contributed by atoms with Crippen LogP contribution in [0.15, 0.2) is 17.4 Å². The zero-order chi connectivity index (χ0) is 5.70. The smallest absolute Gasteiger partial charge is 0.0996 e. The summed E-state index contributed by atoms with van der Waals surface area (Å²) in [6.45, 7) is 3.79. The molecule has 7 heavy (non-hydrogen) atoms. The highest BCUT2D eigenvalue weighted by Crippen LogP contribution is 1.80. The lowest BCUT2D eigenvalue weighted by Gasteiger charge is -1.69. The van der Waals surface area contributed by atoms with Gasteiger partial charge in [-0.2, -0.15) is 5.26 Å². The Kier molecular flexibility index (Phi) is 2.76. The van der Waals surface area contributed by atoms with Crippen LogP contribution in [0.25, 0.3) is 0 Å². The molecule has 1 heteroatoms. The number of rotatable bonds is 0. The van der Waals surface area contributed by atoms with Crippen LogP contribution in [0, 0.1) is 11.3 Å². The zero-order valence-corrected chi connectivity index (χ0v) is 4.52. The molecule has 0 heterocycles. The summed E-state index contributed by atoms with van der Waals surface area (Å²) in [5.41, 5.74) is 3.75. The quantitative estimate of drug-likeness (QED) is 0.330. The minimum atomic E-state index is 1.03. The first-order valence-electron chi connectivity index (χ1n) is 2.05. The first kappa shape index (κ1) is 6.01. The van der Waals surface area contributed by atoms with E-state index in [2.05, 4.69) is 5.73 Å². The molecule has 0 aliphatic carbocycles. The lowest BCUT2D eigenvalue weighted by atomic mass is 10.4. The molecule has 0 radical (unpaired) electrons. The van der Waals surface area contributed by atoms with Crippen molar-refractivity contribution in [1.82, 2.24) is 0 Å². The predicted molar refractivity (Wildman–Crippen MR) is 28.6 cm³/mol. The van der Waals surface area contributed by atoms with Gasteiger partial charge in [0.15, 0.2) is 0 Å². The Morgan fingerprint density at radius 2 is 2.14 bits per heavy atom. The highest BCUT2D eigenvalue weighted by molar-refractivity contribution is 5.05. The molecule has 0 aromatic rings. The van der Waals surface area contributed by atoms with Crippen LogP contribution >= 0.6 is 0 Å². The van der Waals surface area contributed by atoms with Crippen LogP contribution in [-0.2, 0) is 0 Å². The van der Waals surface area contributed by atoms with Gasteiger partial charge in [-0.1, -0.05) is 0 Å². The molecule has 0 N–H and O–H groups in total. The van der Waals surface area contributed by atoms with E-state index in [-0.39, 0.29) is 0 Å². The van der Waals surface area contributed by atoms with Crippen LogP contribution in [0.1, 0.15) is 13.8 Å². The summed E-state index contributed by atoms with van der Waals surface area (Å²) in [6.07, 6.45) is 1.34. The highest BCUT2D eigenvalue weighted by atomic mass is 14.2. The van der Waals surface area contributed by atoms with E-state index in [9.17, 15) is 0 Å². The van der Waals surface area contributed by atoms with Crippen molar-refractivity contribution in [1.29, 1.82) is 5.26 Å². The Balaban J connectivity index is 3.95. The summed E-state index contributed by atoms with van der Waals surface area (Å²) in [4.78, 5) is 0. The van der Waals surface area contributed by atoms with Gasteiger partial charge in [0.2, 0.25) is 0 Å². The van der Waals surface area contributed by atoms with E-state index < -0.39 is 0 Å². The fourth-order valence-electron chi connectivity index (χ4n) is 0.177. The summed E-state index contributed by atoms with van der Waals surface area (Å²) in [6, 6.07) is 1.84. The maximum absolute atomic E-state index is 7.93. The molecule has 0 fully saturated rings. The molecule has 0 unspecified atom stereocenters. The molecule has 0 rings (SSSR count). The van der Waals surface area contributed by atoms with Gasteiger partial charge in [-0.15, -0.1) is 5.73 Å². The van der Waals surface area contributed by atoms with Crippen LogP contribution in [-0.4, -0.2) is 0 Å². The molecule has 0 saturated carbocycles. The van der Waals surface area contributed by atoms with Crippen molar-refractivity contribution in [3.05, 3.63) is 17.4 Å². The monoisotopic (exact) mass is 93.1 g/mol. The van der Waals surface area contributed by atoms with Crippen molar-refractivity contribution in [3.8, 4) is 6.07 Å². The summed E-state index contributed by atoms with van der Waals surface area (Å²) in [5.74, 6) is 0. The van der Waals surface area contributed by atoms with Crippen LogP contribution in [0.4, 0.5) is 0 Å². The Morgan fingerprint density at radius 1 is 1.57 bits per heavy atom. The zero-order valence-electron chi connectivity index (χ0n) is 4.52. The average Bonchev–Trinajstić information content (AvgIpc) is 1.61. The number of nitriles is 1. The lowest BCUT2D eigenvalue weighted by Crippen LogP contribution is -1.51. The molecule has 0 aromatic carbocycles. The summed E-state index contributed by atoms with van der Waals surface area (Å²) < 4.78 is 0. The molecule has 0 amide bonds. The molecule has 0 aliphatic rings. The van der Waals surface area contributed by atoms with E-state index in [1.165, 1.54) is 6.08 Å². The molecule has 0 atom stereocenters. The van der Waals surface area contributed by atoms with E-state index in [4.69, 9.17) is 5.26 Å². The van der Waals surface area contributed by atoms with Gasteiger partial charge in [0.1, 0.15) is 0 Å². The van der Waals surface area contributed by atoms with E-state index in [0.717, 1.165) is 5.57 Å². The fourth-order valence-corrected chi connectivity index (χ4v) is 0.177. The number of hydrogen-bond donors (Lipinski definition) is 0. The van der Waals surface area contributed by atoms with Gasteiger partial charge in [-0.3, -0.25) is 0 Å². The molecule has 36 valence electrons.